The molecular weight excluding hydrogens is 336 g/mol. The molecule has 0 bridgehead atoms. The molecule has 0 spiro atoms. The Morgan fingerprint density at radius 1 is 1.00 bits per heavy atom. The highest BCUT2D eigenvalue weighted by atomic mass is 35.5. The third kappa shape index (κ3) is 8.57. The van der Waals surface area contributed by atoms with Crippen molar-refractivity contribution in [3.63, 3.8) is 0 Å². The number of likely N-dealkylation sites (N-methyl/N-ethyl adjacent to an activating group) is 1. The topological polar surface area (TPSA) is 50.4 Å². The van der Waals surface area contributed by atoms with Crippen molar-refractivity contribution in [3.8, 4) is 5.75 Å². The first-order valence-corrected chi connectivity index (χ1v) is 8.45. The largest absolute Gasteiger partial charge is 0.494 e. The van der Waals surface area contributed by atoms with E-state index in [1.807, 2.05) is 24.3 Å². The van der Waals surface area contributed by atoms with Crippen molar-refractivity contribution in [2.75, 3.05) is 26.7 Å². The van der Waals surface area contributed by atoms with Crippen LogP contribution in [0.25, 0.3) is 0 Å². The van der Waals surface area contributed by atoms with Crippen molar-refractivity contribution < 1.29 is 9.53 Å². The van der Waals surface area contributed by atoms with Crippen molar-refractivity contribution in [2.24, 2.45) is 0 Å². The van der Waals surface area contributed by atoms with Crippen LogP contribution in [-0.4, -0.2) is 32.7 Å². The molecule has 0 unspecified atom stereocenters. The number of nitrogens with one attached hydrogen (secondary N) is 2. The van der Waals surface area contributed by atoms with Crippen molar-refractivity contribution in [3.05, 3.63) is 65.7 Å². The molecule has 0 saturated heterocycles. The zero-order chi connectivity index (χ0) is 17.0. The van der Waals surface area contributed by atoms with Gasteiger partial charge in [-0.1, -0.05) is 42.5 Å². The summed E-state index contributed by atoms with van der Waals surface area (Å²) in [6.45, 7) is 1.69. The number of hydrogen-bond acceptors (Lipinski definition) is 3. The van der Waals surface area contributed by atoms with Gasteiger partial charge in [-0.2, -0.15) is 0 Å². The minimum Gasteiger partial charge on any atom is -0.494 e. The molecule has 4 nitrogen and oxygen atoms in total. The number of ether oxygens (including phenoxy) is 1. The van der Waals surface area contributed by atoms with Gasteiger partial charge in [0.1, 0.15) is 5.75 Å². The summed E-state index contributed by atoms with van der Waals surface area (Å²) in [6.07, 6.45) is 2.82. The van der Waals surface area contributed by atoms with Crippen LogP contribution in [0.5, 0.6) is 5.75 Å². The molecule has 0 saturated carbocycles. The molecular formula is C20H27ClN2O2. The van der Waals surface area contributed by atoms with Crippen LogP contribution >= 0.6 is 12.4 Å². The van der Waals surface area contributed by atoms with Gasteiger partial charge in [0.15, 0.2) is 0 Å². The normalized spacial score (nSPS) is 9.96. The minimum atomic E-state index is 0. The number of aryl methyl sites for hydroxylation is 1. The molecule has 25 heavy (non-hydrogen) atoms. The Labute approximate surface area is 156 Å². The highest BCUT2D eigenvalue weighted by Gasteiger charge is 2.01. The first-order valence-electron chi connectivity index (χ1n) is 8.45. The van der Waals surface area contributed by atoms with E-state index < -0.39 is 0 Å². The van der Waals surface area contributed by atoms with Crippen molar-refractivity contribution in [2.45, 2.75) is 19.3 Å². The van der Waals surface area contributed by atoms with E-state index in [2.05, 4.69) is 41.0 Å². The maximum atomic E-state index is 11.4. The summed E-state index contributed by atoms with van der Waals surface area (Å²) in [4.78, 5) is 11.4. The van der Waals surface area contributed by atoms with E-state index >= 15 is 0 Å². The third-order valence-electron chi connectivity index (χ3n) is 3.69. The van der Waals surface area contributed by atoms with Crippen LogP contribution in [-0.2, 0) is 17.6 Å². The summed E-state index contributed by atoms with van der Waals surface area (Å²) >= 11 is 0. The van der Waals surface area contributed by atoms with E-state index in [0.717, 1.165) is 25.0 Å². The SMILES string of the molecule is CNCC(=O)NCCc1cccc(OCCCc2ccccc2)c1.Cl. The fourth-order valence-electron chi connectivity index (χ4n) is 2.47. The predicted octanol–water partition coefficient (Wildman–Crippen LogP) is 3.00. The standard InChI is InChI=1S/C20H26N2O2.ClH/c1-21-16-20(23)22-13-12-18-9-5-11-19(15-18)24-14-6-10-17-7-3-2-4-8-17;/h2-5,7-9,11,15,21H,6,10,12-14,16H2,1H3,(H,22,23);1H. The maximum absolute atomic E-state index is 11.4. The molecule has 2 rings (SSSR count). The lowest BCUT2D eigenvalue weighted by molar-refractivity contribution is -0.120. The molecule has 2 N–H and O–H groups in total. The Balaban J connectivity index is 0.00000312. The number of rotatable bonds is 10. The Morgan fingerprint density at radius 3 is 2.52 bits per heavy atom. The second-order valence-electron chi connectivity index (χ2n) is 5.72. The predicted molar refractivity (Wildman–Crippen MR) is 105 cm³/mol. The van der Waals surface area contributed by atoms with Crippen LogP contribution in [0.4, 0.5) is 0 Å². The van der Waals surface area contributed by atoms with Gasteiger partial charge in [0.2, 0.25) is 5.91 Å². The molecule has 0 aromatic heterocycles. The molecule has 1 amide bonds. The van der Waals surface area contributed by atoms with E-state index in [1.54, 1.807) is 7.05 Å². The van der Waals surface area contributed by atoms with Crippen LogP contribution in [0.3, 0.4) is 0 Å². The van der Waals surface area contributed by atoms with E-state index in [9.17, 15) is 4.79 Å². The van der Waals surface area contributed by atoms with Crippen LogP contribution in [0.15, 0.2) is 54.6 Å². The Morgan fingerprint density at radius 2 is 1.76 bits per heavy atom. The Hall–Kier alpha value is -2.04. The second-order valence-corrected chi connectivity index (χ2v) is 5.72. The quantitative estimate of drug-likeness (QED) is 0.639. The summed E-state index contributed by atoms with van der Waals surface area (Å²) in [5.41, 5.74) is 2.51. The fourth-order valence-corrected chi connectivity index (χ4v) is 2.47. The molecule has 0 fully saturated rings. The molecule has 5 heteroatoms. The fraction of sp³-hybridized carbons (Fsp3) is 0.350. The van der Waals surface area contributed by atoms with Gasteiger partial charge < -0.3 is 15.4 Å². The molecule has 0 aliphatic heterocycles. The molecule has 2 aromatic carbocycles. The molecule has 0 aliphatic carbocycles. The first kappa shape index (κ1) is 21.0. The lowest BCUT2D eigenvalue weighted by atomic mass is 10.1. The van der Waals surface area contributed by atoms with E-state index in [4.69, 9.17) is 4.74 Å². The number of amides is 1. The van der Waals surface area contributed by atoms with Gasteiger partial charge in [-0.3, -0.25) is 4.79 Å². The van der Waals surface area contributed by atoms with Crippen molar-refractivity contribution >= 4 is 18.3 Å². The Bertz CT molecular complexity index is 620. The summed E-state index contributed by atoms with van der Waals surface area (Å²) in [7, 11) is 1.76. The van der Waals surface area contributed by atoms with Gasteiger partial charge in [0.05, 0.1) is 13.2 Å². The van der Waals surface area contributed by atoms with E-state index in [1.165, 1.54) is 11.1 Å². The average Bonchev–Trinajstić information content (AvgIpc) is 2.60. The van der Waals surface area contributed by atoms with E-state index in [-0.39, 0.29) is 18.3 Å². The number of hydrogen-bond donors (Lipinski definition) is 2. The van der Waals surface area contributed by atoms with Crippen molar-refractivity contribution in [1.29, 1.82) is 0 Å². The van der Waals surface area contributed by atoms with Crippen LogP contribution < -0.4 is 15.4 Å². The van der Waals surface area contributed by atoms with E-state index in [0.29, 0.717) is 19.7 Å². The van der Waals surface area contributed by atoms with Crippen LogP contribution in [0.1, 0.15) is 17.5 Å². The summed E-state index contributed by atoms with van der Waals surface area (Å²) < 4.78 is 5.84. The number of halogens is 1. The van der Waals surface area contributed by atoms with Crippen LogP contribution in [0.2, 0.25) is 0 Å². The van der Waals surface area contributed by atoms with Gasteiger partial charge >= 0.3 is 0 Å². The Kier molecular flexibility index (Phi) is 10.4. The summed E-state index contributed by atoms with van der Waals surface area (Å²) in [5, 5.41) is 5.71. The maximum Gasteiger partial charge on any atom is 0.233 e. The summed E-state index contributed by atoms with van der Waals surface area (Å²) in [6, 6.07) is 18.5. The van der Waals surface area contributed by atoms with Crippen LogP contribution in [0, 0.1) is 0 Å². The monoisotopic (exact) mass is 362 g/mol. The molecule has 2 aromatic rings. The highest BCUT2D eigenvalue weighted by molar-refractivity contribution is 5.85. The molecule has 136 valence electrons. The highest BCUT2D eigenvalue weighted by Crippen LogP contribution is 2.14. The number of carbonyl (C=O) groups excluding carboxylic acids is 1. The summed E-state index contributed by atoms with van der Waals surface area (Å²) in [5.74, 6) is 0.910. The zero-order valence-corrected chi connectivity index (χ0v) is 15.5. The lowest BCUT2D eigenvalue weighted by Gasteiger charge is -2.09. The molecule has 0 radical (unpaired) electrons. The number of benzene rings is 2. The smallest absolute Gasteiger partial charge is 0.233 e. The lowest BCUT2D eigenvalue weighted by Crippen LogP contribution is -2.33. The van der Waals surface area contributed by atoms with Gasteiger partial charge in [0.25, 0.3) is 0 Å². The van der Waals surface area contributed by atoms with Gasteiger partial charge in [-0.15, -0.1) is 12.4 Å². The minimum absolute atomic E-state index is 0. The molecule has 0 heterocycles. The average molecular weight is 363 g/mol. The first-order chi connectivity index (χ1) is 11.8. The van der Waals surface area contributed by atoms with Gasteiger partial charge in [0, 0.05) is 6.54 Å². The number of carbonyl (C=O) groups is 1. The molecule has 0 atom stereocenters. The molecule has 0 aliphatic rings. The van der Waals surface area contributed by atoms with Gasteiger partial charge in [-0.25, -0.2) is 0 Å². The zero-order valence-electron chi connectivity index (χ0n) is 14.7. The second kappa shape index (κ2) is 12.3. The van der Waals surface area contributed by atoms with Crippen molar-refractivity contribution in [1.82, 2.24) is 10.6 Å². The van der Waals surface area contributed by atoms with Gasteiger partial charge in [-0.05, 0) is 49.6 Å². The third-order valence-corrected chi connectivity index (χ3v) is 3.69.